The molecule has 0 aliphatic heterocycles. The van der Waals surface area contributed by atoms with Gasteiger partial charge < -0.3 is 5.11 Å². The number of halogens is 1. The standard InChI is InChI=1S/C16H17FN2O2/c1-10(2)14-8-15(19-9-18-14)13(16(20)21)7-11-4-3-5-12(17)6-11/h3-6,8-10,13H,7H2,1-2H3,(H,20,21). The zero-order valence-corrected chi connectivity index (χ0v) is 12.0. The molecule has 4 nitrogen and oxygen atoms in total. The van der Waals surface area contributed by atoms with Crippen molar-refractivity contribution in [3.8, 4) is 0 Å². The van der Waals surface area contributed by atoms with E-state index in [1.54, 1.807) is 18.2 Å². The molecule has 0 fully saturated rings. The monoisotopic (exact) mass is 288 g/mol. The van der Waals surface area contributed by atoms with E-state index in [-0.39, 0.29) is 18.2 Å². The molecule has 2 aromatic rings. The number of benzene rings is 1. The maximum atomic E-state index is 13.2. The fourth-order valence-electron chi connectivity index (χ4n) is 2.11. The first-order valence-corrected chi connectivity index (χ1v) is 6.76. The SMILES string of the molecule is CC(C)c1cc(C(Cc2cccc(F)c2)C(=O)O)ncn1. The fraction of sp³-hybridized carbons (Fsp3) is 0.312. The van der Waals surface area contributed by atoms with Gasteiger partial charge in [0.25, 0.3) is 0 Å². The molecule has 0 aliphatic rings. The van der Waals surface area contributed by atoms with Crippen LogP contribution in [0.25, 0.3) is 0 Å². The molecule has 0 aliphatic carbocycles. The van der Waals surface area contributed by atoms with Crippen LogP contribution in [0.3, 0.4) is 0 Å². The Kier molecular flexibility index (Phi) is 4.62. The molecule has 0 bridgehead atoms. The molecule has 0 spiro atoms. The van der Waals surface area contributed by atoms with Crippen molar-refractivity contribution in [3.63, 3.8) is 0 Å². The number of aliphatic carboxylic acids is 1. The first-order chi connectivity index (χ1) is 9.97. The Bertz CT molecular complexity index is 644. The van der Waals surface area contributed by atoms with Crippen LogP contribution in [-0.4, -0.2) is 21.0 Å². The number of carboxylic acid groups (broad SMARTS) is 1. The number of aromatic nitrogens is 2. The molecule has 0 saturated carbocycles. The molecule has 1 atom stereocenters. The summed E-state index contributed by atoms with van der Waals surface area (Å²) in [5.41, 5.74) is 1.88. The van der Waals surface area contributed by atoms with E-state index in [0.29, 0.717) is 11.3 Å². The van der Waals surface area contributed by atoms with Gasteiger partial charge in [-0.15, -0.1) is 0 Å². The van der Waals surface area contributed by atoms with Crippen molar-refractivity contribution in [1.29, 1.82) is 0 Å². The van der Waals surface area contributed by atoms with Crippen molar-refractivity contribution in [2.24, 2.45) is 0 Å². The van der Waals surface area contributed by atoms with Crippen LogP contribution in [0.5, 0.6) is 0 Å². The summed E-state index contributed by atoms with van der Waals surface area (Å²) in [6, 6.07) is 7.68. The molecule has 2 rings (SSSR count). The number of hydrogen-bond acceptors (Lipinski definition) is 3. The number of carboxylic acids is 1. The Morgan fingerprint density at radius 3 is 2.57 bits per heavy atom. The van der Waals surface area contributed by atoms with E-state index in [1.807, 2.05) is 13.8 Å². The van der Waals surface area contributed by atoms with Crippen LogP contribution < -0.4 is 0 Å². The molecule has 1 unspecified atom stereocenters. The van der Waals surface area contributed by atoms with Gasteiger partial charge >= 0.3 is 5.97 Å². The summed E-state index contributed by atoms with van der Waals surface area (Å²) in [6.45, 7) is 3.96. The van der Waals surface area contributed by atoms with Crippen LogP contribution >= 0.6 is 0 Å². The number of nitrogens with zero attached hydrogens (tertiary/aromatic N) is 2. The highest BCUT2D eigenvalue weighted by molar-refractivity contribution is 5.75. The second kappa shape index (κ2) is 6.43. The predicted molar refractivity (Wildman–Crippen MR) is 76.6 cm³/mol. The van der Waals surface area contributed by atoms with Gasteiger partial charge in [-0.25, -0.2) is 14.4 Å². The van der Waals surface area contributed by atoms with E-state index in [1.165, 1.54) is 18.5 Å². The zero-order chi connectivity index (χ0) is 15.4. The predicted octanol–water partition coefficient (Wildman–Crippen LogP) is 3.15. The third-order valence-electron chi connectivity index (χ3n) is 3.28. The molecular formula is C16H17FN2O2. The zero-order valence-electron chi connectivity index (χ0n) is 12.0. The summed E-state index contributed by atoms with van der Waals surface area (Å²) < 4.78 is 13.2. The maximum absolute atomic E-state index is 13.2. The second-order valence-electron chi connectivity index (χ2n) is 5.25. The van der Waals surface area contributed by atoms with E-state index >= 15 is 0 Å². The van der Waals surface area contributed by atoms with Crippen molar-refractivity contribution >= 4 is 5.97 Å². The summed E-state index contributed by atoms with van der Waals surface area (Å²) in [7, 11) is 0. The molecule has 0 radical (unpaired) electrons. The molecule has 110 valence electrons. The van der Waals surface area contributed by atoms with Crippen LogP contribution in [0.15, 0.2) is 36.7 Å². The van der Waals surface area contributed by atoms with Gasteiger partial charge in [-0.3, -0.25) is 4.79 Å². The molecule has 1 N–H and O–H groups in total. The average molecular weight is 288 g/mol. The van der Waals surface area contributed by atoms with Gasteiger partial charge in [-0.1, -0.05) is 26.0 Å². The molecule has 1 aromatic carbocycles. The number of carbonyl (C=O) groups is 1. The van der Waals surface area contributed by atoms with E-state index in [9.17, 15) is 14.3 Å². The molecule has 0 amide bonds. The lowest BCUT2D eigenvalue weighted by Gasteiger charge is -2.13. The van der Waals surface area contributed by atoms with E-state index in [2.05, 4.69) is 9.97 Å². The largest absolute Gasteiger partial charge is 0.481 e. The summed E-state index contributed by atoms with van der Waals surface area (Å²) in [5.74, 6) is -1.97. The van der Waals surface area contributed by atoms with Crippen LogP contribution in [0.1, 0.15) is 42.6 Å². The lowest BCUT2D eigenvalue weighted by Crippen LogP contribution is -2.16. The van der Waals surface area contributed by atoms with Crippen molar-refractivity contribution in [1.82, 2.24) is 9.97 Å². The smallest absolute Gasteiger partial charge is 0.312 e. The van der Waals surface area contributed by atoms with Crippen molar-refractivity contribution in [3.05, 3.63) is 59.4 Å². The van der Waals surface area contributed by atoms with Crippen molar-refractivity contribution in [2.75, 3.05) is 0 Å². The summed E-state index contributed by atoms with van der Waals surface area (Å²) in [5, 5.41) is 9.43. The molecule has 1 aromatic heterocycles. The minimum absolute atomic E-state index is 0.190. The van der Waals surface area contributed by atoms with Crippen LogP contribution in [-0.2, 0) is 11.2 Å². The molecule has 1 heterocycles. The number of hydrogen-bond donors (Lipinski definition) is 1. The van der Waals surface area contributed by atoms with Gasteiger partial charge in [-0.2, -0.15) is 0 Å². The van der Waals surface area contributed by atoms with Crippen LogP contribution in [0, 0.1) is 5.82 Å². The topological polar surface area (TPSA) is 63.1 Å². The van der Waals surface area contributed by atoms with E-state index < -0.39 is 11.9 Å². The van der Waals surface area contributed by atoms with Crippen LogP contribution in [0.2, 0.25) is 0 Å². The summed E-state index contributed by atoms with van der Waals surface area (Å²) in [4.78, 5) is 19.7. The Labute approximate surface area is 122 Å². The Balaban J connectivity index is 2.31. The number of rotatable bonds is 5. The second-order valence-corrected chi connectivity index (χ2v) is 5.25. The minimum Gasteiger partial charge on any atom is -0.481 e. The van der Waals surface area contributed by atoms with Crippen molar-refractivity contribution in [2.45, 2.75) is 32.1 Å². The van der Waals surface area contributed by atoms with E-state index in [0.717, 1.165) is 5.69 Å². The van der Waals surface area contributed by atoms with Crippen LogP contribution in [0.4, 0.5) is 4.39 Å². The lowest BCUT2D eigenvalue weighted by atomic mass is 9.94. The highest BCUT2D eigenvalue weighted by Gasteiger charge is 2.23. The van der Waals surface area contributed by atoms with Crippen molar-refractivity contribution < 1.29 is 14.3 Å². The Morgan fingerprint density at radius 2 is 1.95 bits per heavy atom. The van der Waals surface area contributed by atoms with Gasteiger partial charge in [0, 0.05) is 5.69 Å². The third kappa shape index (κ3) is 3.84. The highest BCUT2D eigenvalue weighted by Crippen LogP contribution is 2.22. The van der Waals surface area contributed by atoms with E-state index in [4.69, 9.17) is 0 Å². The normalized spacial score (nSPS) is 12.4. The third-order valence-corrected chi connectivity index (χ3v) is 3.28. The molecule has 5 heteroatoms. The van der Waals surface area contributed by atoms with Gasteiger partial charge in [0.1, 0.15) is 18.1 Å². The lowest BCUT2D eigenvalue weighted by molar-refractivity contribution is -0.138. The average Bonchev–Trinajstić information content (AvgIpc) is 2.44. The maximum Gasteiger partial charge on any atom is 0.312 e. The van der Waals surface area contributed by atoms with Gasteiger partial charge in [-0.05, 0) is 36.1 Å². The Hall–Kier alpha value is -2.30. The Morgan fingerprint density at radius 1 is 1.24 bits per heavy atom. The first-order valence-electron chi connectivity index (χ1n) is 6.76. The quantitative estimate of drug-likeness (QED) is 0.918. The first kappa shape index (κ1) is 15.1. The van der Waals surface area contributed by atoms with Gasteiger partial charge in [0.2, 0.25) is 0 Å². The highest BCUT2D eigenvalue weighted by atomic mass is 19.1. The summed E-state index contributed by atoms with van der Waals surface area (Å²) in [6.07, 6.45) is 1.58. The minimum atomic E-state index is -0.979. The molecule has 21 heavy (non-hydrogen) atoms. The van der Waals surface area contributed by atoms with Gasteiger partial charge in [0.15, 0.2) is 0 Å². The molecule has 0 saturated heterocycles. The molecular weight excluding hydrogens is 271 g/mol. The summed E-state index contributed by atoms with van der Waals surface area (Å²) >= 11 is 0. The fourth-order valence-corrected chi connectivity index (χ4v) is 2.11. The van der Waals surface area contributed by atoms with Gasteiger partial charge in [0.05, 0.1) is 5.69 Å².